The summed E-state index contributed by atoms with van der Waals surface area (Å²) in [7, 11) is 0. The van der Waals surface area contributed by atoms with Gasteiger partial charge in [0.05, 0.1) is 5.92 Å². The van der Waals surface area contributed by atoms with Crippen molar-refractivity contribution in [1.82, 2.24) is 4.98 Å². The number of benzene rings is 2. The van der Waals surface area contributed by atoms with Crippen LogP contribution < -0.4 is 11.5 Å². The van der Waals surface area contributed by atoms with Crippen LogP contribution >= 0.6 is 0 Å². The first kappa shape index (κ1) is 13.0. The van der Waals surface area contributed by atoms with Crippen LogP contribution in [0.25, 0.3) is 11.3 Å². The van der Waals surface area contributed by atoms with Gasteiger partial charge in [-0.1, -0.05) is 31.2 Å². The fourth-order valence-corrected chi connectivity index (χ4v) is 3.20. The Morgan fingerprint density at radius 1 is 1.09 bits per heavy atom. The number of fused-ring (bicyclic) bond motifs is 3. The molecule has 1 aliphatic rings. The smallest absolute Gasteiger partial charge is 0.292 e. The minimum atomic E-state index is 0.0282. The molecule has 1 aromatic heterocycles. The average molecular weight is 291 g/mol. The Morgan fingerprint density at radius 3 is 2.59 bits per heavy atom. The topological polar surface area (TPSA) is 78.1 Å². The van der Waals surface area contributed by atoms with E-state index in [1.807, 2.05) is 18.2 Å². The van der Waals surface area contributed by atoms with Gasteiger partial charge in [0.2, 0.25) is 0 Å². The Labute approximate surface area is 128 Å². The van der Waals surface area contributed by atoms with Crippen LogP contribution in [0.1, 0.15) is 35.2 Å². The van der Waals surface area contributed by atoms with Gasteiger partial charge in [0.1, 0.15) is 5.69 Å². The lowest BCUT2D eigenvalue weighted by atomic mass is 9.91. The minimum absolute atomic E-state index is 0.0282. The summed E-state index contributed by atoms with van der Waals surface area (Å²) in [5, 5.41) is 0. The van der Waals surface area contributed by atoms with E-state index in [1.54, 1.807) is 0 Å². The van der Waals surface area contributed by atoms with E-state index in [1.165, 1.54) is 11.1 Å². The summed E-state index contributed by atoms with van der Waals surface area (Å²) < 4.78 is 5.61. The zero-order valence-electron chi connectivity index (χ0n) is 12.3. The molecule has 0 fully saturated rings. The molecule has 0 radical (unpaired) electrons. The van der Waals surface area contributed by atoms with Crippen LogP contribution in [0.15, 0.2) is 46.9 Å². The van der Waals surface area contributed by atoms with Crippen LogP contribution in [0.5, 0.6) is 0 Å². The first-order chi connectivity index (χ1) is 10.7. The molecule has 0 saturated heterocycles. The molecular formula is C18H17N3O. The molecule has 0 spiro atoms. The number of aromatic nitrogens is 1. The van der Waals surface area contributed by atoms with Crippen molar-refractivity contribution in [1.29, 1.82) is 0 Å². The molecule has 1 aliphatic carbocycles. The number of nitrogens with two attached hydrogens (primary N) is 2. The first-order valence-corrected chi connectivity index (χ1v) is 7.42. The fourth-order valence-electron chi connectivity index (χ4n) is 3.20. The summed E-state index contributed by atoms with van der Waals surface area (Å²) >= 11 is 0. The molecule has 4 nitrogen and oxygen atoms in total. The van der Waals surface area contributed by atoms with Gasteiger partial charge in [-0.3, -0.25) is 0 Å². The van der Waals surface area contributed by atoms with Gasteiger partial charge in [0.15, 0.2) is 5.76 Å². The van der Waals surface area contributed by atoms with Crippen molar-refractivity contribution in [3.63, 3.8) is 0 Å². The molecule has 3 aromatic rings. The Hall–Kier alpha value is -2.75. The summed E-state index contributed by atoms with van der Waals surface area (Å²) in [6.45, 7) is 2.15. The summed E-state index contributed by atoms with van der Waals surface area (Å²) in [5.74, 6) is 0.789. The summed E-state index contributed by atoms with van der Waals surface area (Å²) in [6.07, 6.45) is 1.02. The van der Waals surface area contributed by atoms with Crippen molar-refractivity contribution in [2.24, 2.45) is 0 Å². The average Bonchev–Trinajstić information content (AvgIpc) is 3.02. The third-order valence-electron chi connectivity index (χ3n) is 4.30. The number of hydrogen-bond acceptors (Lipinski definition) is 4. The SMILES string of the molecule is CCc1ccc([C@@H]2c3cc(N)ccc3-c3oc(N)nc32)cc1. The molecule has 4 N–H and O–H groups in total. The van der Waals surface area contributed by atoms with Crippen LogP contribution in [0.2, 0.25) is 0 Å². The second kappa shape index (κ2) is 4.63. The molecule has 1 heterocycles. The molecule has 0 unspecified atom stereocenters. The molecule has 0 amide bonds. The number of oxazole rings is 1. The third kappa shape index (κ3) is 1.80. The predicted octanol–water partition coefficient (Wildman–Crippen LogP) is 3.56. The Kier molecular flexibility index (Phi) is 2.73. The molecule has 2 aromatic carbocycles. The van der Waals surface area contributed by atoms with Crippen LogP contribution in [-0.2, 0) is 6.42 Å². The quantitative estimate of drug-likeness (QED) is 0.553. The van der Waals surface area contributed by atoms with Crippen molar-refractivity contribution in [3.8, 4) is 11.3 Å². The number of nitrogens with zero attached hydrogens (tertiary/aromatic N) is 1. The van der Waals surface area contributed by atoms with Gasteiger partial charge in [-0.15, -0.1) is 0 Å². The lowest BCUT2D eigenvalue weighted by Gasteiger charge is -2.13. The molecule has 1 atom stereocenters. The maximum absolute atomic E-state index is 5.97. The zero-order valence-corrected chi connectivity index (χ0v) is 12.3. The lowest BCUT2D eigenvalue weighted by molar-refractivity contribution is 0.595. The van der Waals surface area contributed by atoms with Crippen molar-refractivity contribution in [2.75, 3.05) is 11.5 Å². The van der Waals surface area contributed by atoms with Crippen molar-refractivity contribution in [2.45, 2.75) is 19.3 Å². The Morgan fingerprint density at radius 2 is 1.86 bits per heavy atom. The number of nitrogen functional groups attached to an aromatic ring is 2. The highest BCUT2D eigenvalue weighted by Crippen LogP contribution is 2.48. The van der Waals surface area contributed by atoms with Gasteiger partial charge in [0.25, 0.3) is 6.01 Å². The van der Waals surface area contributed by atoms with Crippen molar-refractivity contribution in [3.05, 3.63) is 64.8 Å². The van der Waals surface area contributed by atoms with Gasteiger partial charge < -0.3 is 15.9 Å². The summed E-state index contributed by atoms with van der Waals surface area (Å²) in [4.78, 5) is 4.41. The molecule has 0 aliphatic heterocycles. The van der Waals surface area contributed by atoms with Gasteiger partial charge in [-0.25, -0.2) is 0 Å². The van der Waals surface area contributed by atoms with E-state index in [4.69, 9.17) is 15.9 Å². The van der Waals surface area contributed by atoms with E-state index in [2.05, 4.69) is 36.2 Å². The van der Waals surface area contributed by atoms with Gasteiger partial charge in [-0.05, 0) is 41.3 Å². The van der Waals surface area contributed by atoms with Crippen LogP contribution in [0, 0.1) is 0 Å². The van der Waals surface area contributed by atoms with E-state index < -0.39 is 0 Å². The van der Waals surface area contributed by atoms with E-state index in [0.717, 1.165) is 34.7 Å². The number of hydrogen-bond donors (Lipinski definition) is 2. The van der Waals surface area contributed by atoms with Crippen LogP contribution in [0.3, 0.4) is 0 Å². The highest BCUT2D eigenvalue weighted by molar-refractivity contribution is 5.78. The maximum Gasteiger partial charge on any atom is 0.292 e. The first-order valence-electron chi connectivity index (χ1n) is 7.42. The molecule has 4 heteroatoms. The highest BCUT2D eigenvalue weighted by Gasteiger charge is 2.35. The second-order valence-electron chi connectivity index (χ2n) is 5.64. The number of anilines is 2. The van der Waals surface area contributed by atoms with E-state index in [9.17, 15) is 0 Å². The lowest BCUT2D eigenvalue weighted by Crippen LogP contribution is -2.02. The maximum atomic E-state index is 5.97. The largest absolute Gasteiger partial charge is 0.423 e. The van der Waals surface area contributed by atoms with Crippen LogP contribution in [-0.4, -0.2) is 4.98 Å². The third-order valence-corrected chi connectivity index (χ3v) is 4.30. The monoisotopic (exact) mass is 291 g/mol. The normalized spacial score (nSPS) is 15.6. The van der Waals surface area contributed by atoms with Crippen LogP contribution in [0.4, 0.5) is 11.7 Å². The second-order valence-corrected chi connectivity index (χ2v) is 5.64. The van der Waals surface area contributed by atoms with Gasteiger partial charge in [0, 0.05) is 11.3 Å². The van der Waals surface area contributed by atoms with Crippen molar-refractivity contribution < 1.29 is 4.42 Å². The number of rotatable bonds is 2. The Balaban J connectivity index is 1.92. The van der Waals surface area contributed by atoms with E-state index in [-0.39, 0.29) is 11.9 Å². The fraction of sp³-hybridized carbons (Fsp3) is 0.167. The van der Waals surface area contributed by atoms with Gasteiger partial charge in [-0.2, -0.15) is 4.98 Å². The van der Waals surface area contributed by atoms with E-state index in [0.29, 0.717) is 0 Å². The van der Waals surface area contributed by atoms with Gasteiger partial charge >= 0.3 is 0 Å². The highest BCUT2D eigenvalue weighted by atomic mass is 16.4. The minimum Gasteiger partial charge on any atom is -0.423 e. The number of aryl methyl sites for hydroxylation is 1. The molecule has 22 heavy (non-hydrogen) atoms. The molecular weight excluding hydrogens is 274 g/mol. The molecule has 0 saturated carbocycles. The standard InChI is InChI=1S/C18H17N3O/c1-2-10-3-5-11(6-4-10)15-14-9-12(19)7-8-13(14)17-16(15)21-18(20)22-17/h3-9,15H,2,19H2,1H3,(H2,20,21)/t15-/m1/s1. The predicted molar refractivity (Wildman–Crippen MR) is 87.5 cm³/mol. The summed E-state index contributed by atoms with van der Waals surface area (Å²) in [6, 6.07) is 14.7. The zero-order chi connectivity index (χ0) is 15.3. The van der Waals surface area contributed by atoms with E-state index >= 15 is 0 Å². The molecule has 4 rings (SSSR count). The Bertz CT molecular complexity index is 849. The van der Waals surface area contributed by atoms with Crippen molar-refractivity contribution >= 4 is 11.7 Å². The molecule has 110 valence electrons. The summed E-state index contributed by atoms with van der Waals surface area (Å²) in [5.41, 5.74) is 18.0. The molecule has 0 bridgehead atoms.